The van der Waals surface area contributed by atoms with Crippen LogP contribution in [0.15, 0.2) is 18.5 Å². The molecular formula is C8H10F3N3. The van der Waals surface area contributed by atoms with Crippen molar-refractivity contribution in [1.82, 2.24) is 4.98 Å². The van der Waals surface area contributed by atoms with Crippen LogP contribution in [0.25, 0.3) is 0 Å². The Morgan fingerprint density at radius 1 is 1.43 bits per heavy atom. The lowest BCUT2D eigenvalue weighted by atomic mass is 10.2. The van der Waals surface area contributed by atoms with Crippen LogP contribution < -0.4 is 11.1 Å². The summed E-state index contributed by atoms with van der Waals surface area (Å²) in [7, 11) is 0. The fraction of sp³-hybridized carbons (Fsp3) is 0.375. The van der Waals surface area contributed by atoms with Crippen molar-refractivity contribution in [3.05, 3.63) is 24.0 Å². The minimum absolute atomic E-state index is 0.0366. The van der Waals surface area contributed by atoms with Crippen molar-refractivity contribution in [2.75, 3.05) is 18.4 Å². The molecule has 3 N–H and O–H groups in total. The second kappa shape index (κ2) is 4.28. The van der Waals surface area contributed by atoms with E-state index in [1.165, 1.54) is 0 Å². The number of aromatic nitrogens is 1. The second-order valence-electron chi connectivity index (χ2n) is 2.63. The standard InChI is InChI=1S/C8H10F3N3/c9-8(10,11)6-1-3-13-5-7(6)14-4-2-12/h1,3,5,14H,2,4,12H2. The molecule has 1 aromatic heterocycles. The molecule has 78 valence electrons. The number of halogens is 3. The minimum Gasteiger partial charge on any atom is -0.382 e. The number of anilines is 1. The van der Waals surface area contributed by atoms with Gasteiger partial charge in [-0.1, -0.05) is 0 Å². The molecule has 0 spiro atoms. The molecule has 0 bridgehead atoms. The first-order chi connectivity index (χ1) is 6.55. The molecule has 6 heteroatoms. The van der Waals surface area contributed by atoms with Crippen LogP contribution in [0.3, 0.4) is 0 Å². The minimum atomic E-state index is -4.36. The van der Waals surface area contributed by atoms with Gasteiger partial charge < -0.3 is 11.1 Å². The van der Waals surface area contributed by atoms with E-state index in [2.05, 4.69) is 10.3 Å². The van der Waals surface area contributed by atoms with E-state index in [0.717, 1.165) is 18.5 Å². The van der Waals surface area contributed by atoms with Crippen molar-refractivity contribution in [2.45, 2.75) is 6.18 Å². The van der Waals surface area contributed by atoms with E-state index in [4.69, 9.17) is 5.73 Å². The molecule has 0 saturated carbocycles. The summed E-state index contributed by atoms with van der Waals surface area (Å²) in [5, 5.41) is 2.56. The van der Waals surface area contributed by atoms with Gasteiger partial charge in [-0.25, -0.2) is 0 Å². The van der Waals surface area contributed by atoms with E-state index in [-0.39, 0.29) is 18.8 Å². The predicted molar refractivity (Wildman–Crippen MR) is 46.8 cm³/mol. The third-order valence-corrected chi connectivity index (χ3v) is 1.59. The van der Waals surface area contributed by atoms with Gasteiger partial charge in [0, 0.05) is 19.3 Å². The van der Waals surface area contributed by atoms with Crippen LogP contribution in [0.4, 0.5) is 18.9 Å². The largest absolute Gasteiger partial charge is 0.418 e. The van der Waals surface area contributed by atoms with Crippen molar-refractivity contribution in [3.8, 4) is 0 Å². The highest BCUT2D eigenvalue weighted by molar-refractivity contribution is 5.50. The van der Waals surface area contributed by atoms with Gasteiger partial charge in [0.05, 0.1) is 17.4 Å². The molecule has 0 aliphatic carbocycles. The lowest BCUT2D eigenvalue weighted by Gasteiger charge is -2.12. The molecule has 0 aliphatic rings. The Hall–Kier alpha value is -1.30. The molecule has 0 radical (unpaired) electrons. The van der Waals surface area contributed by atoms with Gasteiger partial charge >= 0.3 is 6.18 Å². The second-order valence-corrected chi connectivity index (χ2v) is 2.63. The fourth-order valence-electron chi connectivity index (χ4n) is 0.989. The maximum Gasteiger partial charge on any atom is 0.418 e. The number of alkyl halides is 3. The average molecular weight is 205 g/mol. The molecule has 0 aromatic carbocycles. The molecule has 0 atom stereocenters. The Labute approximate surface area is 79.1 Å². The van der Waals surface area contributed by atoms with Crippen molar-refractivity contribution in [3.63, 3.8) is 0 Å². The fourth-order valence-corrected chi connectivity index (χ4v) is 0.989. The monoisotopic (exact) mass is 205 g/mol. The maximum absolute atomic E-state index is 12.4. The summed E-state index contributed by atoms with van der Waals surface area (Å²) < 4.78 is 37.1. The van der Waals surface area contributed by atoms with Crippen LogP contribution in [-0.4, -0.2) is 18.1 Å². The van der Waals surface area contributed by atoms with Crippen LogP contribution in [0, 0.1) is 0 Å². The smallest absolute Gasteiger partial charge is 0.382 e. The molecule has 14 heavy (non-hydrogen) atoms. The van der Waals surface area contributed by atoms with Gasteiger partial charge in [-0.05, 0) is 6.07 Å². The lowest BCUT2D eigenvalue weighted by molar-refractivity contribution is -0.137. The van der Waals surface area contributed by atoms with Gasteiger partial charge in [-0.2, -0.15) is 13.2 Å². The summed E-state index contributed by atoms with van der Waals surface area (Å²) in [6, 6.07) is 0.929. The Morgan fingerprint density at radius 3 is 2.71 bits per heavy atom. The lowest BCUT2D eigenvalue weighted by Crippen LogP contribution is -2.16. The van der Waals surface area contributed by atoms with Gasteiger partial charge in [0.15, 0.2) is 0 Å². The van der Waals surface area contributed by atoms with E-state index < -0.39 is 11.7 Å². The van der Waals surface area contributed by atoms with Crippen LogP contribution >= 0.6 is 0 Å². The number of nitrogens with zero attached hydrogens (tertiary/aromatic N) is 1. The molecule has 3 nitrogen and oxygen atoms in total. The van der Waals surface area contributed by atoms with Gasteiger partial charge in [0.1, 0.15) is 0 Å². The van der Waals surface area contributed by atoms with Crippen LogP contribution in [0.1, 0.15) is 5.56 Å². The first kappa shape index (κ1) is 10.8. The van der Waals surface area contributed by atoms with Gasteiger partial charge in [-0.3, -0.25) is 4.98 Å². The van der Waals surface area contributed by atoms with E-state index >= 15 is 0 Å². The number of pyridine rings is 1. The summed E-state index contributed by atoms with van der Waals surface area (Å²) in [6.45, 7) is 0.557. The first-order valence-electron chi connectivity index (χ1n) is 4.01. The molecule has 1 heterocycles. The highest BCUT2D eigenvalue weighted by Crippen LogP contribution is 2.33. The Balaban J connectivity index is 2.92. The number of hydrogen-bond donors (Lipinski definition) is 2. The van der Waals surface area contributed by atoms with Crippen molar-refractivity contribution in [1.29, 1.82) is 0 Å². The van der Waals surface area contributed by atoms with Gasteiger partial charge in [0.25, 0.3) is 0 Å². The molecule has 0 amide bonds. The molecule has 0 unspecified atom stereocenters. The Kier molecular flexibility index (Phi) is 3.29. The predicted octanol–water partition coefficient (Wildman–Crippen LogP) is 1.47. The summed E-state index contributed by atoms with van der Waals surface area (Å²) in [5.74, 6) is 0. The Morgan fingerprint density at radius 2 is 2.14 bits per heavy atom. The number of nitrogens with one attached hydrogen (secondary N) is 1. The SMILES string of the molecule is NCCNc1cnccc1C(F)(F)F. The van der Waals surface area contributed by atoms with Crippen molar-refractivity contribution >= 4 is 5.69 Å². The van der Waals surface area contributed by atoms with E-state index in [0.29, 0.717) is 0 Å². The van der Waals surface area contributed by atoms with E-state index in [1.807, 2.05) is 0 Å². The summed E-state index contributed by atoms with van der Waals surface area (Å²) in [4.78, 5) is 3.61. The summed E-state index contributed by atoms with van der Waals surface area (Å²) in [6.07, 6.45) is -2.12. The Bertz CT molecular complexity index is 298. The van der Waals surface area contributed by atoms with E-state index in [1.54, 1.807) is 0 Å². The quantitative estimate of drug-likeness (QED) is 0.785. The first-order valence-corrected chi connectivity index (χ1v) is 4.01. The highest BCUT2D eigenvalue weighted by atomic mass is 19.4. The maximum atomic E-state index is 12.4. The number of hydrogen-bond acceptors (Lipinski definition) is 3. The number of rotatable bonds is 3. The summed E-state index contributed by atoms with van der Waals surface area (Å²) in [5.41, 5.74) is 4.41. The molecule has 1 aromatic rings. The highest BCUT2D eigenvalue weighted by Gasteiger charge is 2.33. The third kappa shape index (κ3) is 2.59. The molecule has 0 aliphatic heterocycles. The average Bonchev–Trinajstić information content (AvgIpc) is 2.14. The zero-order valence-corrected chi connectivity index (χ0v) is 7.30. The molecule has 0 fully saturated rings. The van der Waals surface area contributed by atoms with Gasteiger partial charge in [-0.15, -0.1) is 0 Å². The van der Waals surface area contributed by atoms with Crippen molar-refractivity contribution < 1.29 is 13.2 Å². The number of nitrogens with two attached hydrogens (primary N) is 1. The normalized spacial score (nSPS) is 11.4. The third-order valence-electron chi connectivity index (χ3n) is 1.59. The summed E-state index contributed by atoms with van der Waals surface area (Å²) >= 11 is 0. The zero-order chi connectivity index (χ0) is 10.6. The molecule has 1 rings (SSSR count). The topological polar surface area (TPSA) is 50.9 Å². The van der Waals surface area contributed by atoms with Crippen LogP contribution in [-0.2, 0) is 6.18 Å². The van der Waals surface area contributed by atoms with E-state index in [9.17, 15) is 13.2 Å². The zero-order valence-electron chi connectivity index (χ0n) is 7.30. The van der Waals surface area contributed by atoms with Gasteiger partial charge in [0.2, 0.25) is 0 Å². The van der Waals surface area contributed by atoms with Crippen LogP contribution in [0.2, 0.25) is 0 Å². The molecular weight excluding hydrogens is 195 g/mol. The van der Waals surface area contributed by atoms with Crippen LogP contribution in [0.5, 0.6) is 0 Å². The van der Waals surface area contributed by atoms with Crippen molar-refractivity contribution in [2.24, 2.45) is 5.73 Å². The molecule has 0 saturated heterocycles.